The van der Waals surface area contributed by atoms with Crippen LogP contribution in [-0.4, -0.2) is 18.1 Å². The standard InChI is InChI=1S/C8H7Br2NO2/c1-4-5(8(12)13-2)3-6(9)11-7(4)10/h3H,1-2H3. The number of hydrogen-bond acceptors (Lipinski definition) is 3. The Morgan fingerprint density at radius 3 is 2.69 bits per heavy atom. The Hall–Kier alpha value is -0.420. The van der Waals surface area contributed by atoms with Gasteiger partial charge in [-0.3, -0.25) is 0 Å². The first-order valence-corrected chi connectivity index (χ1v) is 5.06. The molecule has 0 N–H and O–H groups in total. The molecule has 0 unspecified atom stereocenters. The lowest BCUT2D eigenvalue weighted by atomic mass is 10.2. The molecule has 0 aliphatic heterocycles. The Morgan fingerprint density at radius 2 is 2.15 bits per heavy atom. The van der Waals surface area contributed by atoms with Gasteiger partial charge in [-0.05, 0) is 50.4 Å². The molecule has 5 heteroatoms. The predicted octanol–water partition coefficient (Wildman–Crippen LogP) is 2.70. The molecule has 70 valence electrons. The molecular weight excluding hydrogens is 302 g/mol. The van der Waals surface area contributed by atoms with E-state index in [9.17, 15) is 4.79 Å². The third-order valence-electron chi connectivity index (χ3n) is 1.59. The normalized spacial score (nSPS) is 9.85. The molecule has 0 amide bonds. The van der Waals surface area contributed by atoms with Gasteiger partial charge in [0, 0.05) is 0 Å². The second-order valence-electron chi connectivity index (χ2n) is 2.40. The first-order chi connectivity index (χ1) is 6.06. The average molecular weight is 309 g/mol. The summed E-state index contributed by atoms with van der Waals surface area (Å²) in [5.41, 5.74) is 1.28. The van der Waals surface area contributed by atoms with Crippen LogP contribution in [0.5, 0.6) is 0 Å². The molecule has 0 atom stereocenters. The van der Waals surface area contributed by atoms with E-state index >= 15 is 0 Å². The fraction of sp³-hybridized carbons (Fsp3) is 0.250. The van der Waals surface area contributed by atoms with Crippen molar-refractivity contribution in [1.82, 2.24) is 4.98 Å². The zero-order valence-corrected chi connectivity index (χ0v) is 10.3. The van der Waals surface area contributed by atoms with Crippen LogP contribution in [-0.2, 0) is 4.74 Å². The zero-order valence-electron chi connectivity index (χ0n) is 7.10. The molecule has 0 fully saturated rings. The van der Waals surface area contributed by atoms with Crippen LogP contribution in [0.25, 0.3) is 0 Å². The van der Waals surface area contributed by atoms with Crippen LogP contribution in [0.3, 0.4) is 0 Å². The van der Waals surface area contributed by atoms with Gasteiger partial charge in [0.2, 0.25) is 0 Å². The van der Waals surface area contributed by atoms with Crippen LogP contribution in [0.2, 0.25) is 0 Å². The van der Waals surface area contributed by atoms with Gasteiger partial charge in [-0.25, -0.2) is 9.78 Å². The van der Waals surface area contributed by atoms with Gasteiger partial charge < -0.3 is 4.74 Å². The lowest BCUT2D eigenvalue weighted by molar-refractivity contribution is 0.0599. The largest absolute Gasteiger partial charge is 0.465 e. The molecular formula is C8H7Br2NO2. The molecule has 0 bridgehead atoms. The maximum atomic E-state index is 11.2. The fourth-order valence-electron chi connectivity index (χ4n) is 0.870. The maximum Gasteiger partial charge on any atom is 0.338 e. The Kier molecular flexibility index (Phi) is 3.44. The van der Waals surface area contributed by atoms with E-state index in [1.165, 1.54) is 7.11 Å². The van der Waals surface area contributed by atoms with Crippen molar-refractivity contribution in [2.45, 2.75) is 6.92 Å². The number of methoxy groups -OCH3 is 1. The smallest absolute Gasteiger partial charge is 0.338 e. The van der Waals surface area contributed by atoms with Crippen LogP contribution in [0, 0.1) is 6.92 Å². The lowest BCUT2D eigenvalue weighted by Gasteiger charge is -2.05. The first kappa shape index (κ1) is 10.7. The molecule has 0 aliphatic carbocycles. The van der Waals surface area contributed by atoms with Gasteiger partial charge in [-0.1, -0.05) is 0 Å². The summed E-state index contributed by atoms with van der Waals surface area (Å²) in [5.74, 6) is -0.360. The van der Waals surface area contributed by atoms with Crippen LogP contribution < -0.4 is 0 Å². The molecule has 0 saturated carbocycles. The summed E-state index contributed by atoms with van der Waals surface area (Å²) in [7, 11) is 1.35. The van der Waals surface area contributed by atoms with E-state index < -0.39 is 0 Å². The van der Waals surface area contributed by atoms with Gasteiger partial charge in [0.15, 0.2) is 0 Å². The molecule has 13 heavy (non-hydrogen) atoms. The number of pyridine rings is 1. The summed E-state index contributed by atoms with van der Waals surface area (Å²) in [6.45, 7) is 1.80. The predicted molar refractivity (Wildman–Crippen MR) is 55.7 cm³/mol. The fourth-order valence-corrected chi connectivity index (χ4v) is 1.92. The molecule has 1 rings (SSSR count). The van der Waals surface area contributed by atoms with Crippen molar-refractivity contribution in [2.75, 3.05) is 7.11 Å². The minimum Gasteiger partial charge on any atom is -0.465 e. The SMILES string of the molecule is COC(=O)c1cc(Br)nc(Br)c1C. The van der Waals surface area contributed by atoms with E-state index in [1.54, 1.807) is 13.0 Å². The molecule has 0 spiro atoms. The average Bonchev–Trinajstić information content (AvgIpc) is 2.10. The minimum atomic E-state index is -0.360. The van der Waals surface area contributed by atoms with Crippen molar-refractivity contribution < 1.29 is 9.53 Å². The number of ether oxygens (including phenoxy) is 1. The number of nitrogens with zero attached hydrogens (tertiary/aromatic N) is 1. The summed E-state index contributed by atoms with van der Waals surface area (Å²) in [6, 6.07) is 1.63. The van der Waals surface area contributed by atoms with Crippen molar-refractivity contribution >= 4 is 37.8 Å². The van der Waals surface area contributed by atoms with E-state index in [0.717, 1.165) is 5.56 Å². The summed E-state index contributed by atoms with van der Waals surface area (Å²) in [4.78, 5) is 15.3. The highest BCUT2D eigenvalue weighted by molar-refractivity contribution is 9.11. The number of esters is 1. The topological polar surface area (TPSA) is 39.2 Å². The number of hydrogen-bond donors (Lipinski definition) is 0. The van der Waals surface area contributed by atoms with Gasteiger partial charge in [-0.2, -0.15) is 0 Å². The zero-order chi connectivity index (χ0) is 10.0. The van der Waals surface area contributed by atoms with E-state index in [0.29, 0.717) is 14.8 Å². The molecule has 1 aromatic rings. The number of halogens is 2. The van der Waals surface area contributed by atoms with Crippen molar-refractivity contribution in [1.29, 1.82) is 0 Å². The van der Waals surface area contributed by atoms with Gasteiger partial charge >= 0.3 is 5.97 Å². The molecule has 0 saturated heterocycles. The molecule has 3 nitrogen and oxygen atoms in total. The summed E-state index contributed by atoms with van der Waals surface area (Å²) < 4.78 is 5.86. The highest BCUT2D eigenvalue weighted by Gasteiger charge is 2.13. The molecule has 0 radical (unpaired) electrons. The van der Waals surface area contributed by atoms with Crippen molar-refractivity contribution in [2.24, 2.45) is 0 Å². The number of carbonyl (C=O) groups excluding carboxylic acids is 1. The number of rotatable bonds is 1. The molecule has 1 heterocycles. The maximum absolute atomic E-state index is 11.2. The summed E-state index contributed by atoms with van der Waals surface area (Å²) >= 11 is 6.44. The third-order valence-corrected chi connectivity index (χ3v) is 2.77. The van der Waals surface area contributed by atoms with Gasteiger partial charge in [0.05, 0.1) is 12.7 Å². The Morgan fingerprint density at radius 1 is 1.54 bits per heavy atom. The van der Waals surface area contributed by atoms with Crippen molar-refractivity contribution in [3.8, 4) is 0 Å². The monoisotopic (exact) mass is 307 g/mol. The van der Waals surface area contributed by atoms with Crippen LogP contribution >= 0.6 is 31.9 Å². The number of aromatic nitrogens is 1. The second-order valence-corrected chi connectivity index (χ2v) is 3.96. The van der Waals surface area contributed by atoms with Crippen molar-refractivity contribution in [3.63, 3.8) is 0 Å². The van der Waals surface area contributed by atoms with Gasteiger partial charge in [-0.15, -0.1) is 0 Å². The van der Waals surface area contributed by atoms with E-state index in [2.05, 4.69) is 41.6 Å². The van der Waals surface area contributed by atoms with Crippen LogP contribution in [0.15, 0.2) is 15.3 Å². The first-order valence-electron chi connectivity index (χ1n) is 3.47. The van der Waals surface area contributed by atoms with E-state index in [4.69, 9.17) is 0 Å². The summed E-state index contributed by atoms with van der Waals surface area (Å²) in [5, 5.41) is 0. The highest BCUT2D eigenvalue weighted by atomic mass is 79.9. The third kappa shape index (κ3) is 2.28. The molecule has 0 aromatic carbocycles. The minimum absolute atomic E-state index is 0.360. The summed E-state index contributed by atoms with van der Waals surface area (Å²) in [6.07, 6.45) is 0. The Balaban J connectivity index is 3.28. The van der Waals surface area contributed by atoms with Crippen LogP contribution in [0.1, 0.15) is 15.9 Å². The van der Waals surface area contributed by atoms with Gasteiger partial charge in [0.25, 0.3) is 0 Å². The Labute approximate surface area is 92.8 Å². The lowest BCUT2D eigenvalue weighted by Crippen LogP contribution is -2.05. The second kappa shape index (κ2) is 4.19. The van der Waals surface area contributed by atoms with Gasteiger partial charge in [0.1, 0.15) is 9.21 Å². The van der Waals surface area contributed by atoms with E-state index in [-0.39, 0.29) is 5.97 Å². The molecule has 1 aromatic heterocycles. The highest BCUT2D eigenvalue weighted by Crippen LogP contribution is 2.22. The number of carbonyl (C=O) groups is 1. The quantitative estimate of drug-likeness (QED) is 0.591. The van der Waals surface area contributed by atoms with E-state index in [1.807, 2.05) is 0 Å². The molecule has 0 aliphatic rings. The van der Waals surface area contributed by atoms with Crippen LogP contribution in [0.4, 0.5) is 0 Å². The van der Waals surface area contributed by atoms with Crippen molar-refractivity contribution in [3.05, 3.63) is 26.4 Å². The Bertz CT molecular complexity index is 352.